The van der Waals surface area contributed by atoms with E-state index in [-0.39, 0.29) is 6.42 Å². The van der Waals surface area contributed by atoms with Gasteiger partial charge in [-0.15, -0.1) is 6.58 Å². The Morgan fingerprint density at radius 1 is 1.44 bits per heavy atom. The molecule has 2 aliphatic carbocycles. The van der Waals surface area contributed by atoms with E-state index in [4.69, 9.17) is 10.8 Å². The van der Waals surface area contributed by atoms with E-state index in [1.165, 1.54) is 0 Å². The molecule has 0 unspecified atom stereocenters. The number of carbonyl (C=O) groups is 2. The molecule has 2 atom stereocenters. The highest BCUT2D eigenvalue weighted by molar-refractivity contribution is 7.94. The summed E-state index contributed by atoms with van der Waals surface area (Å²) in [4.78, 5) is 20.4. The number of sulfone groups is 1. The number of primary amides is 1. The maximum atomic E-state index is 12.3. The molecule has 4 N–H and O–H groups in total. The van der Waals surface area contributed by atoms with E-state index in [1.807, 2.05) is 5.32 Å². The van der Waals surface area contributed by atoms with Crippen molar-refractivity contribution in [3.8, 4) is 0 Å². The Morgan fingerprint density at radius 2 is 2.00 bits per heavy atom. The smallest absolute Gasteiger partial charge is 0.405 e. The summed E-state index contributed by atoms with van der Waals surface area (Å²) >= 11 is 0. The second kappa shape index (κ2) is 3.47. The molecule has 0 aromatic heterocycles. The summed E-state index contributed by atoms with van der Waals surface area (Å²) in [6.07, 6.45) is 0.424. The standard InChI is InChI=1S/C10H14N2O5S/c1-2-9(7(11)13)5-10(9,12-8(14)15)18(16,17)6-3-4-6/h2,6,12H,1,3-5H2,(H2,11,13)(H,14,15)/t9-,10-/m1/s1. The van der Waals surface area contributed by atoms with Gasteiger partial charge in [0.25, 0.3) is 0 Å². The minimum absolute atomic E-state index is 0.177. The largest absolute Gasteiger partial charge is 0.465 e. The first-order valence-corrected chi connectivity index (χ1v) is 6.96. The van der Waals surface area contributed by atoms with E-state index in [0.717, 1.165) is 6.08 Å². The lowest BCUT2D eigenvalue weighted by molar-refractivity contribution is -0.121. The maximum absolute atomic E-state index is 12.3. The molecule has 0 radical (unpaired) electrons. The van der Waals surface area contributed by atoms with Crippen LogP contribution in [0.2, 0.25) is 0 Å². The monoisotopic (exact) mass is 274 g/mol. The predicted octanol–water partition coefficient (Wildman–Crippen LogP) is -0.411. The van der Waals surface area contributed by atoms with Crippen molar-refractivity contribution in [1.82, 2.24) is 5.32 Å². The van der Waals surface area contributed by atoms with Crippen LogP contribution in [0.15, 0.2) is 12.7 Å². The van der Waals surface area contributed by atoms with Crippen LogP contribution in [0.25, 0.3) is 0 Å². The summed E-state index contributed by atoms with van der Waals surface area (Å²) in [7, 11) is -3.78. The first-order chi connectivity index (χ1) is 8.23. The van der Waals surface area contributed by atoms with Crippen LogP contribution < -0.4 is 11.1 Å². The highest BCUT2D eigenvalue weighted by Gasteiger charge is 2.79. The van der Waals surface area contributed by atoms with Gasteiger partial charge in [-0.3, -0.25) is 4.79 Å². The van der Waals surface area contributed by atoms with Crippen molar-refractivity contribution < 1.29 is 23.1 Å². The lowest BCUT2D eigenvalue weighted by Crippen LogP contribution is -2.51. The molecule has 0 aliphatic heterocycles. The zero-order valence-corrected chi connectivity index (χ0v) is 10.4. The molecule has 18 heavy (non-hydrogen) atoms. The Bertz CT molecular complexity index is 538. The molecule has 0 spiro atoms. The van der Waals surface area contributed by atoms with Crippen molar-refractivity contribution in [1.29, 1.82) is 0 Å². The van der Waals surface area contributed by atoms with Crippen LogP contribution in [0, 0.1) is 5.41 Å². The Hall–Kier alpha value is -1.57. The minimum Gasteiger partial charge on any atom is -0.465 e. The summed E-state index contributed by atoms with van der Waals surface area (Å²) in [6.45, 7) is 3.41. The third-order valence-electron chi connectivity index (χ3n) is 3.67. The van der Waals surface area contributed by atoms with Gasteiger partial charge in [-0.2, -0.15) is 0 Å². The number of rotatable bonds is 5. The van der Waals surface area contributed by atoms with Gasteiger partial charge >= 0.3 is 6.09 Å². The third-order valence-corrected chi connectivity index (χ3v) is 6.60. The molecule has 2 amide bonds. The molecule has 100 valence electrons. The molecule has 8 heteroatoms. The van der Waals surface area contributed by atoms with Crippen LogP contribution >= 0.6 is 0 Å². The fraction of sp³-hybridized carbons (Fsp3) is 0.600. The van der Waals surface area contributed by atoms with Crippen LogP contribution in [0.1, 0.15) is 19.3 Å². The number of amides is 2. The number of nitrogens with one attached hydrogen (secondary N) is 1. The van der Waals surface area contributed by atoms with Gasteiger partial charge in [-0.05, 0) is 12.8 Å². The Balaban J connectivity index is 2.49. The quantitative estimate of drug-likeness (QED) is 0.587. The molecule has 2 aliphatic rings. The first kappa shape index (κ1) is 12.9. The zero-order chi connectivity index (χ0) is 13.8. The number of nitrogens with two attached hydrogens (primary N) is 1. The number of hydrogen-bond donors (Lipinski definition) is 3. The van der Waals surface area contributed by atoms with Crippen LogP contribution in [-0.2, 0) is 14.6 Å². The highest BCUT2D eigenvalue weighted by Crippen LogP contribution is 2.62. The van der Waals surface area contributed by atoms with Crippen molar-refractivity contribution in [3.63, 3.8) is 0 Å². The van der Waals surface area contributed by atoms with E-state index in [2.05, 4.69) is 6.58 Å². The second-order valence-corrected chi connectivity index (χ2v) is 7.17. The number of carbonyl (C=O) groups excluding carboxylic acids is 1. The fourth-order valence-electron chi connectivity index (χ4n) is 2.39. The Morgan fingerprint density at radius 3 is 2.28 bits per heavy atom. The second-order valence-electron chi connectivity index (χ2n) is 4.72. The van der Waals surface area contributed by atoms with Gasteiger partial charge in [-0.25, -0.2) is 13.2 Å². The normalized spacial score (nSPS) is 34.7. The van der Waals surface area contributed by atoms with Gasteiger partial charge in [0.05, 0.1) is 5.25 Å². The van der Waals surface area contributed by atoms with E-state index >= 15 is 0 Å². The van der Waals surface area contributed by atoms with Gasteiger partial charge in [-0.1, -0.05) is 6.08 Å². The molecule has 2 fully saturated rings. The zero-order valence-electron chi connectivity index (χ0n) is 9.55. The maximum Gasteiger partial charge on any atom is 0.405 e. The van der Waals surface area contributed by atoms with Crippen molar-refractivity contribution in [2.45, 2.75) is 29.4 Å². The van der Waals surface area contributed by atoms with Crippen molar-refractivity contribution >= 4 is 21.8 Å². The fourth-order valence-corrected chi connectivity index (χ4v) is 5.06. The predicted molar refractivity (Wildman–Crippen MR) is 62.3 cm³/mol. The molecule has 0 aromatic rings. The van der Waals surface area contributed by atoms with Gasteiger partial charge < -0.3 is 16.2 Å². The molecular formula is C10H14N2O5S. The summed E-state index contributed by atoms with van der Waals surface area (Å²) in [5.41, 5.74) is 3.67. The Kier molecular flexibility index (Phi) is 2.48. The molecular weight excluding hydrogens is 260 g/mol. The molecule has 0 heterocycles. The summed E-state index contributed by atoms with van der Waals surface area (Å²) in [5.74, 6) is -0.879. The average Bonchev–Trinajstić information content (AvgIpc) is 3.11. The topological polar surface area (TPSA) is 127 Å². The number of hydrogen-bond acceptors (Lipinski definition) is 4. The molecule has 0 saturated heterocycles. The third kappa shape index (κ3) is 1.38. The lowest BCUT2D eigenvalue weighted by Gasteiger charge is -2.21. The summed E-state index contributed by atoms with van der Waals surface area (Å²) < 4.78 is 24.6. The molecule has 2 saturated carbocycles. The van der Waals surface area contributed by atoms with Crippen LogP contribution in [0.4, 0.5) is 4.79 Å². The van der Waals surface area contributed by atoms with E-state index < -0.39 is 37.4 Å². The minimum atomic E-state index is -3.78. The lowest BCUT2D eigenvalue weighted by atomic mass is 10.1. The van der Waals surface area contributed by atoms with Gasteiger partial charge in [0, 0.05) is 6.42 Å². The Labute approximate surface area is 104 Å². The van der Waals surface area contributed by atoms with Crippen molar-refractivity contribution in [3.05, 3.63) is 12.7 Å². The summed E-state index contributed by atoms with van der Waals surface area (Å²) in [5, 5.41) is 10.2. The first-order valence-electron chi connectivity index (χ1n) is 5.41. The molecule has 7 nitrogen and oxygen atoms in total. The van der Waals surface area contributed by atoms with Crippen LogP contribution in [-0.4, -0.2) is 35.6 Å². The van der Waals surface area contributed by atoms with Gasteiger partial charge in [0.2, 0.25) is 5.91 Å². The van der Waals surface area contributed by atoms with E-state index in [1.54, 1.807) is 0 Å². The average molecular weight is 274 g/mol. The molecule has 0 aromatic carbocycles. The van der Waals surface area contributed by atoms with Gasteiger partial charge in [0.1, 0.15) is 5.41 Å². The van der Waals surface area contributed by atoms with E-state index in [9.17, 15) is 18.0 Å². The van der Waals surface area contributed by atoms with Crippen molar-refractivity contribution in [2.24, 2.45) is 11.1 Å². The summed E-state index contributed by atoms with van der Waals surface area (Å²) in [6, 6.07) is 0. The van der Waals surface area contributed by atoms with Crippen LogP contribution in [0.3, 0.4) is 0 Å². The molecule has 2 rings (SSSR count). The highest BCUT2D eigenvalue weighted by atomic mass is 32.2. The van der Waals surface area contributed by atoms with Gasteiger partial charge in [0.15, 0.2) is 14.7 Å². The van der Waals surface area contributed by atoms with Crippen LogP contribution in [0.5, 0.6) is 0 Å². The molecule has 0 bridgehead atoms. The number of carboxylic acid groups (broad SMARTS) is 1. The SMILES string of the molecule is C=C[C@]1(C(N)=O)C[C@@]1(NC(=O)O)S(=O)(=O)C1CC1. The van der Waals surface area contributed by atoms with Crippen molar-refractivity contribution in [2.75, 3.05) is 0 Å². The van der Waals surface area contributed by atoms with E-state index in [0.29, 0.717) is 12.8 Å².